The Labute approximate surface area is 96.2 Å². The summed E-state index contributed by atoms with van der Waals surface area (Å²) in [6, 6.07) is 8.05. The van der Waals surface area contributed by atoms with E-state index in [1.807, 2.05) is 22.3 Å². The first-order valence-electron chi connectivity index (χ1n) is 4.36. The van der Waals surface area contributed by atoms with E-state index in [0.717, 1.165) is 23.1 Å². The Bertz CT molecular complexity index is 466. The molecule has 0 bridgehead atoms. The summed E-state index contributed by atoms with van der Waals surface area (Å²) in [6.07, 6.45) is 4.72. The molecule has 2 aromatic rings. The van der Waals surface area contributed by atoms with E-state index in [1.54, 1.807) is 6.20 Å². The van der Waals surface area contributed by atoms with Crippen LogP contribution in [0.1, 0.15) is 5.69 Å². The number of halogens is 1. The van der Waals surface area contributed by atoms with Crippen LogP contribution in [-0.4, -0.2) is 9.97 Å². The summed E-state index contributed by atoms with van der Waals surface area (Å²) < 4.78 is 2.00. The van der Waals surface area contributed by atoms with E-state index in [2.05, 4.69) is 44.7 Å². The summed E-state index contributed by atoms with van der Waals surface area (Å²) in [5, 5.41) is 1.09. The van der Waals surface area contributed by atoms with Crippen molar-refractivity contribution in [3.8, 4) is 0 Å². The molecule has 0 atom stereocenters. The molecule has 0 radical (unpaired) electrons. The molecule has 0 N–H and O–H groups in total. The summed E-state index contributed by atoms with van der Waals surface area (Å²) in [6.45, 7) is 0. The SMILES string of the molecule is IC=CCc1ccc2cccnc2n1. The van der Waals surface area contributed by atoms with Gasteiger partial charge in [-0.15, -0.1) is 0 Å². The average Bonchev–Trinajstić information content (AvgIpc) is 2.26. The van der Waals surface area contributed by atoms with Crippen molar-refractivity contribution in [2.45, 2.75) is 6.42 Å². The van der Waals surface area contributed by atoms with E-state index in [0.29, 0.717) is 0 Å². The quantitative estimate of drug-likeness (QED) is 0.796. The molecule has 14 heavy (non-hydrogen) atoms. The molecule has 0 aromatic carbocycles. The molecule has 2 aromatic heterocycles. The van der Waals surface area contributed by atoms with Gasteiger partial charge >= 0.3 is 0 Å². The van der Waals surface area contributed by atoms with Gasteiger partial charge in [0.25, 0.3) is 0 Å². The minimum absolute atomic E-state index is 0.826. The standard InChI is InChI=1S/C11H9IN2/c12-7-1-4-10-6-5-9-3-2-8-13-11(9)14-10/h1-3,5-8H,4H2. The second-order valence-electron chi connectivity index (χ2n) is 2.92. The number of hydrogen-bond acceptors (Lipinski definition) is 2. The van der Waals surface area contributed by atoms with Gasteiger partial charge in [0, 0.05) is 23.7 Å². The van der Waals surface area contributed by atoms with Crippen LogP contribution in [0.25, 0.3) is 11.0 Å². The molecule has 3 heteroatoms. The molecule has 2 nitrogen and oxygen atoms in total. The van der Waals surface area contributed by atoms with Gasteiger partial charge in [0.2, 0.25) is 0 Å². The molecule has 0 unspecified atom stereocenters. The molecule has 0 aliphatic rings. The minimum atomic E-state index is 0.826. The van der Waals surface area contributed by atoms with Gasteiger partial charge in [0.15, 0.2) is 5.65 Å². The molecule has 2 rings (SSSR count). The molecule has 2 heterocycles. The zero-order valence-electron chi connectivity index (χ0n) is 7.52. The van der Waals surface area contributed by atoms with Crippen molar-refractivity contribution in [3.63, 3.8) is 0 Å². The Hall–Kier alpha value is -0.970. The summed E-state index contributed by atoms with van der Waals surface area (Å²) in [5.41, 5.74) is 1.89. The van der Waals surface area contributed by atoms with Gasteiger partial charge < -0.3 is 0 Å². The smallest absolute Gasteiger partial charge is 0.159 e. The monoisotopic (exact) mass is 296 g/mol. The number of rotatable bonds is 2. The lowest BCUT2D eigenvalue weighted by molar-refractivity contribution is 1.12. The summed E-state index contributed by atoms with van der Waals surface area (Å²) in [5.74, 6) is 0. The van der Waals surface area contributed by atoms with Crippen molar-refractivity contribution in [2.24, 2.45) is 0 Å². The second-order valence-corrected chi connectivity index (χ2v) is 3.64. The molecule has 0 amide bonds. The van der Waals surface area contributed by atoms with Gasteiger partial charge in [-0.3, -0.25) is 0 Å². The Morgan fingerprint density at radius 2 is 2.21 bits per heavy atom. The van der Waals surface area contributed by atoms with Crippen molar-refractivity contribution < 1.29 is 0 Å². The molecular weight excluding hydrogens is 287 g/mol. The van der Waals surface area contributed by atoms with E-state index in [-0.39, 0.29) is 0 Å². The van der Waals surface area contributed by atoms with E-state index >= 15 is 0 Å². The number of allylic oxidation sites excluding steroid dienone is 1. The molecule has 0 aliphatic carbocycles. The summed E-state index contributed by atoms with van der Waals surface area (Å²) in [7, 11) is 0. The van der Waals surface area contributed by atoms with Crippen molar-refractivity contribution in [1.82, 2.24) is 9.97 Å². The topological polar surface area (TPSA) is 25.8 Å². The highest BCUT2D eigenvalue weighted by atomic mass is 127. The number of aromatic nitrogens is 2. The zero-order valence-corrected chi connectivity index (χ0v) is 9.68. The van der Waals surface area contributed by atoms with Crippen molar-refractivity contribution in [3.05, 3.63) is 46.3 Å². The third-order valence-corrected chi connectivity index (χ3v) is 2.45. The summed E-state index contributed by atoms with van der Waals surface area (Å²) >= 11 is 2.21. The minimum Gasteiger partial charge on any atom is -0.237 e. The molecule has 0 fully saturated rings. The highest BCUT2D eigenvalue weighted by Gasteiger charge is 1.96. The van der Waals surface area contributed by atoms with Crippen molar-refractivity contribution in [1.29, 1.82) is 0 Å². The second kappa shape index (κ2) is 4.50. The van der Waals surface area contributed by atoms with Gasteiger partial charge in [-0.1, -0.05) is 28.7 Å². The number of fused-ring (bicyclic) bond motifs is 1. The van der Waals surface area contributed by atoms with Gasteiger partial charge in [-0.25, -0.2) is 9.97 Å². The van der Waals surface area contributed by atoms with Gasteiger partial charge in [0.1, 0.15) is 0 Å². The number of pyridine rings is 2. The molecule has 0 aliphatic heterocycles. The molecular formula is C11H9IN2. The maximum absolute atomic E-state index is 4.45. The Morgan fingerprint density at radius 1 is 1.29 bits per heavy atom. The van der Waals surface area contributed by atoms with E-state index < -0.39 is 0 Å². The largest absolute Gasteiger partial charge is 0.237 e. The van der Waals surface area contributed by atoms with Crippen LogP contribution in [-0.2, 0) is 6.42 Å². The highest BCUT2D eigenvalue weighted by Crippen LogP contribution is 2.09. The third-order valence-electron chi connectivity index (χ3n) is 1.94. The predicted molar refractivity (Wildman–Crippen MR) is 66.4 cm³/mol. The normalized spacial score (nSPS) is 11.2. The highest BCUT2D eigenvalue weighted by molar-refractivity contribution is 14.1. The Kier molecular flexibility index (Phi) is 3.08. The van der Waals surface area contributed by atoms with Gasteiger partial charge in [-0.05, 0) is 28.3 Å². The van der Waals surface area contributed by atoms with Crippen molar-refractivity contribution in [2.75, 3.05) is 0 Å². The first kappa shape index (κ1) is 9.58. The fourth-order valence-corrected chi connectivity index (χ4v) is 1.53. The number of hydrogen-bond donors (Lipinski definition) is 0. The lowest BCUT2D eigenvalue weighted by Crippen LogP contribution is -1.89. The lowest BCUT2D eigenvalue weighted by Gasteiger charge is -1.98. The van der Waals surface area contributed by atoms with E-state index in [4.69, 9.17) is 0 Å². The molecule has 70 valence electrons. The maximum Gasteiger partial charge on any atom is 0.159 e. The third kappa shape index (κ3) is 2.09. The predicted octanol–water partition coefficient (Wildman–Crippen LogP) is 3.12. The molecule has 0 saturated carbocycles. The summed E-state index contributed by atoms with van der Waals surface area (Å²) in [4.78, 5) is 8.66. The van der Waals surface area contributed by atoms with Crippen LogP contribution < -0.4 is 0 Å². The van der Waals surface area contributed by atoms with Crippen LogP contribution in [0.15, 0.2) is 40.6 Å². The van der Waals surface area contributed by atoms with Crippen LogP contribution >= 0.6 is 22.6 Å². The maximum atomic E-state index is 4.45. The Balaban J connectivity index is 2.41. The fourth-order valence-electron chi connectivity index (χ4n) is 1.27. The first-order valence-corrected chi connectivity index (χ1v) is 5.60. The fraction of sp³-hybridized carbons (Fsp3) is 0.0909. The average molecular weight is 296 g/mol. The van der Waals surface area contributed by atoms with Crippen molar-refractivity contribution >= 4 is 33.6 Å². The number of nitrogens with zero attached hydrogens (tertiary/aromatic N) is 2. The molecule has 0 spiro atoms. The van der Waals surface area contributed by atoms with Crippen LogP contribution in [0.2, 0.25) is 0 Å². The lowest BCUT2D eigenvalue weighted by atomic mass is 10.2. The van der Waals surface area contributed by atoms with E-state index in [1.165, 1.54) is 0 Å². The zero-order chi connectivity index (χ0) is 9.80. The van der Waals surface area contributed by atoms with Crippen LogP contribution in [0, 0.1) is 0 Å². The van der Waals surface area contributed by atoms with Crippen LogP contribution in [0.5, 0.6) is 0 Å². The van der Waals surface area contributed by atoms with E-state index in [9.17, 15) is 0 Å². The van der Waals surface area contributed by atoms with Crippen LogP contribution in [0.3, 0.4) is 0 Å². The molecule has 0 saturated heterocycles. The Morgan fingerprint density at radius 3 is 3.07 bits per heavy atom. The van der Waals surface area contributed by atoms with Gasteiger partial charge in [0.05, 0.1) is 0 Å². The van der Waals surface area contributed by atoms with Gasteiger partial charge in [-0.2, -0.15) is 0 Å². The first-order chi connectivity index (χ1) is 6.90. The van der Waals surface area contributed by atoms with Crippen LogP contribution in [0.4, 0.5) is 0 Å².